The number of aliphatic hydroxyl groups excluding tert-OH is 1. The molecule has 3 heteroatoms. The Morgan fingerprint density at radius 2 is 2.00 bits per heavy atom. The number of β-amino-alcohol motifs (C(OH)–C–C–N with tert-alkyl or cyclic N) is 1. The molecule has 0 bridgehead atoms. The molecule has 1 atom stereocenters. The van der Waals surface area contributed by atoms with E-state index in [4.69, 9.17) is 0 Å². The minimum Gasteiger partial charge on any atom is -0.391 e. The molecule has 2 rings (SSSR count). The van der Waals surface area contributed by atoms with Crippen LogP contribution in [0.1, 0.15) is 29.5 Å². The Morgan fingerprint density at radius 3 is 2.63 bits per heavy atom. The fourth-order valence-electron chi connectivity index (χ4n) is 2.53. The van der Waals surface area contributed by atoms with Gasteiger partial charge in [0.05, 0.1) is 6.10 Å². The second-order valence-electron chi connectivity index (χ2n) is 5.33. The van der Waals surface area contributed by atoms with Crippen molar-refractivity contribution in [2.45, 2.75) is 32.8 Å². The van der Waals surface area contributed by atoms with E-state index in [1.165, 1.54) is 11.1 Å². The summed E-state index contributed by atoms with van der Waals surface area (Å²) in [6, 6.07) is 6.23. The van der Waals surface area contributed by atoms with Crippen molar-refractivity contribution in [3.05, 3.63) is 41.0 Å². The number of amides is 1. The first-order valence-electron chi connectivity index (χ1n) is 6.78. The molecule has 102 valence electrons. The molecule has 3 nitrogen and oxygen atoms in total. The smallest absolute Gasteiger partial charge is 0.246 e. The zero-order valence-electron chi connectivity index (χ0n) is 11.6. The molecule has 1 aromatic carbocycles. The van der Waals surface area contributed by atoms with Crippen LogP contribution >= 0.6 is 0 Å². The average Bonchev–Trinajstić information content (AvgIpc) is 2.35. The largest absolute Gasteiger partial charge is 0.391 e. The predicted molar refractivity (Wildman–Crippen MR) is 76.8 cm³/mol. The average molecular weight is 259 g/mol. The molecule has 0 aliphatic carbocycles. The van der Waals surface area contributed by atoms with Crippen LogP contribution in [0.5, 0.6) is 0 Å². The molecule has 0 saturated carbocycles. The van der Waals surface area contributed by atoms with E-state index in [0.29, 0.717) is 6.54 Å². The maximum Gasteiger partial charge on any atom is 0.246 e. The summed E-state index contributed by atoms with van der Waals surface area (Å²) in [7, 11) is 0. The van der Waals surface area contributed by atoms with Gasteiger partial charge in [-0.2, -0.15) is 0 Å². The first kappa shape index (κ1) is 13.8. The van der Waals surface area contributed by atoms with Gasteiger partial charge in [-0.25, -0.2) is 0 Å². The number of carbonyl (C=O) groups excluding carboxylic acids is 1. The second-order valence-corrected chi connectivity index (χ2v) is 5.33. The highest BCUT2D eigenvalue weighted by molar-refractivity contribution is 5.91. The summed E-state index contributed by atoms with van der Waals surface area (Å²) in [5, 5.41) is 9.57. The van der Waals surface area contributed by atoms with E-state index >= 15 is 0 Å². The number of piperidine rings is 1. The minimum absolute atomic E-state index is 0.0158. The summed E-state index contributed by atoms with van der Waals surface area (Å²) in [6.07, 6.45) is 4.76. The molecule has 19 heavy (non-hydrogen) atoms. The topological polar surface area (TPSA) is 40.5 Å². The van der Waals surface area contributed by atoms with Crippen molar-refractivity contribution >= 4 is 12.0 Å². The van der Waals surface area contributed by atoms with E-state index in [-0.39, 0.29) is 12.0 Å². The van der Waals surface area contributed by atoms with Crippen LogP contribution in [-0.4, -0.2) is 35.1 Å². The molecule has 1 aliphatic heterocycles. The first-order valence-corrected chi connectivity index (χ1v) is 6.78. The molecule has 0 radical (unpaired) electrons. The van der Waals surface area contributed by atoms with Crippen LogP contribution in [0.2, 0.25) is 0 Å². The lowest BCUT2D eigenvalue weighted by Crippen LogP contribution is -2.41. The Labute approximate surface area is 114 Å². The van der Waals surface area contributed by atoms with Gasteiger partial charge in [0, 0.05) is 19.2 Å². The van der Waals surface area contributed by atoms with Crippen LogP contribution in [0.25, 0.3) is 6.08 Å². The molecule has 1 unspecified atom stereocenters. The predicted octanol–water partition coefficient (Wildman–Crippen LogP) is 2.30. The molecule has 0 aromatic heterocycles. The van der Waals surface area contributed by atoms with Gasteiger partial charge >= 0.3 is 0 Å². The zero-order valence-corrected chi connectivity index (χ0v) is 11.6. The van der Waals surface area contributed by atoms with Gasteiger partial charge in [-0.05, 0) is 38.3 Å². The van der Waals surface area contributed by atoms with Crippen LogP contribution in [-0.2, 0) is 4.79 Å². The number of aryl methyl sites for hydroxylation is 2. The third-order valence-corrected chi connectivity index (χ3v) is 3.37. The van der Waals surface area contributed by atoms with E-state index < -0.39 is 0 Å². The Balaban J connectivity index is 2.03. The standard InChI is InChI=1S/C16H21NO2/c1-12-8-13(2)10-14(9-12)5-6-16(19)17-7-3-4-15(18)11-17/h5-6,8-10,15,18H,3-4,7,11H2,1-2H3/b6-5+. The van der Waals surface area contributed by atoms with Crippen LogP contribution in [0, 0.1) is 13.8 Å². The first-order chi connectivity index (χ1) is 9.04. The van der Waals surface area contributed by atoms with Crippen LogP contribution in [0.4, 0.5) is 0 Å². The van der Waals surface area contributed by atoms with Crippen molar-refractivity contribution in [1.82, 2.24) is 4.90 Å². The van der Waals surface area contributed by atoms with Crippen LogP contribution in [0.15, 0.2) is 24.3 Å². The molecule has 1 saturated heterocycles. The Hall–Kier alpha value is -1.61. The number of aliphatic hydroxyl groups is 1. The fraction of sp³-hybridized carbons (Fsp3) is 0.438. The SMILES string of the molecule is Cc1cc(C)cc(/C=C/C(=O)N2CCCC(O)C2)c1. The molecule has 1 heterocycles. The van der Waals surface area contributed by atoms with Crippen molar-refractivity contribution < 1.29 is 9.90 Å². The van der Waals surface area contributed by atoms with E-state index in [9.17, 15) is 9.90 Å². The van der Waals surface area contributed by atoms with Gasteiger partial charge in [-0.3, -0.25) is 4.79 Å². The molecule has 0 spiro atoms. The Morgan fingerprint density at radius 1 is 1.32 bits per heavy atom. The summed E-state index contributed by atoms with van der Waals surface area (Å²) in [6.45, 7) is 5.30. The number of carbonyl (C=O) groups is 1. The third-order valence-electron chi connectivity index (χ3n) is 3.37. The molecule has 1 amide bonds. The monoisotopic (exact) mass is 259 g/mol. The lowest BCUT2D eigenvalue weighted by atomic mass is 10.1. The number of rotatable bonds is 2. The molecule has 1 aromatic rings. The maximum atomic E-state index is 12.0. The molecule has 1 N–H and O–H groups in total. The lowest BCUT2D eigenvalue weighted by molar-refractivity contribution is -0.128. The normalized spacial score (nSPS) is 19.9. The maximum absolute atomic E-state index is 12.0. The number of hydrogen-bond acceptors (Lipinski definition) is 2. The van der Waals surface area contributed by atoms with E-state index in [1.807, 2.05) is 19.9 Å². The number of likely N-dealkylation sites (tertiary alicyclic amines) is 1. The van der Waals surface area contributed by atoms with E-state index in [2.05, 4.69) is 18.2 Å². The van der Waals surface area contributed by atoms with Gasteiger partial charge in [0.2, 0.25) is 5.91 Å². The van der Waals surface area contributed by atoms with Crippen molar-refractivity contribution in [2.24, 2.45) is 0 Å². The van der Waals surface area contributed by atoms with Gasteiger partial charge in [0.15, 0.2) is 0 Å². The van der Waals surface area contributed by atoms with Crippen molar-refractivity contribution in [3.8, 4) is 0 Å². The number of nitrogens with zero attached hydrogens (tertiary/aromatic N) is 1. The minimum atomic E-state index is -0.368. The van der Waals surface area contributed by atoms with E-state index in [1.54, 1.807) is 11.0 Å². The highest BCUT2D eigenvalue weighted by Gasteiger charge is 2.20. The summed E-state index contributed by atoms with van der Waals surface area (Å²) in [5.41, 5.74) is 3.43. The zero-order chi connectivity index (χ0) is 13.8. The lowest BCUT2D eigenvalue weighted by Gasteiger charge is -2.29. The highest BCUT2D eigenvalue weighted by atomic mass is 16.3. The van der Waals surface area contributed by atoms with Crippen LogP contribution in [0.3, 0.4) is 0 Å². The molecular formula is C16H21NO2. The molecule has 1 fully saturated rings. The second kappa shape index (κ2) is 6.02. The quantitative estimate of drug-likeness (QED) is 0.828. The summed E-state index contributed by atoms with van der Waals surface area (Å²) >= 11 is 0. The van der Waals surface area contributed by atoms with Crippen molar-refractivity contribution in [2.75, 3.05) is 13.1 Å². The van der Waals surface area contributed by atoms with Gasteiger partial charge in [0.25, 0.3) is 0 Å². The Kier molecular flexibility index (Phi) is 4.38. The highest BCUT2D eigenvalue weighted by Crippen LogP contribution is 2.13. The summed E-state index contributed by atoms with van der Waals surface area (Å²) in [5.74, 6) is -0.0158. The third kappa shape index (κ3) is 3.93. The van der Waals surface area contributed by atoms with Gasteiger partial charge in [0.1, 0.15) is 0 Å². The van der Waals surface area contributed by atoms with Gasteiger partial charge < -0.3 is 10.0 Å². The molecule has 1 aliphatic rings. The van der Waals surface area contributed by atoms with E-state index in [0.717, 1.165) is 24.9 Å². The van der Waals surface area contributed by atoms with Gasteiger partial charge in [-0.15, -0.1) is 0 Å². The van der Waals surface area contributed by atoms with Crippen molar-refractivity contribution in [3.63, 3.8) is 0 Å². The van der Waals surface area contributed by atoms with Crippen molar-refractivity contribution in [1.29, 1.82) is 0 Å². The fourth-order valence-corrected chi connectivity index (χ4v) is 2.53. The van der Waals surface area contributed by atoms with Crippen LogP contribution < -0.4 is 0 Å². The summed E-state index contributed by atoms with van der Waals surface area (Å²) in [4.78, 5) is 13.7. The number of benzene rings is 1. The summed E-state index contributed by atoms with van der Waals surface area (Å²) < 4.78 is 0. The van der Waals surface area contributed by atoms with Gasteiger partial charge in [-0.1, -0.05) is 29.3 Å². The Bertz CT molecular complexity index is 473. The molecular weight excluding hydrogens is 238 g/mol. The number of hydrogen-bond donors (Lipinski definition) is 1.